The van der Waals surface area contributed by atoms with Gasteiger partial charge in [-0.2, -0.15) is 5.10 Å². The van der Waals surface area contributed by atoms with Crippen LogP contribution in [-0.2, 0) is 0 Å². The first-order valence-corrected chi connectivity index (χ1v) is 12.7. The Hall–Kier alpha value is -4.50. The lowest BCUT2D eigenvalue weighted by Gasteiger charge is -2.26. The molecule has 8 nitrogen and oxygen atoms in total. The number of hydrogen-bond donors (Lipinski definition) is 2. The number of nitrogens with zero attached hydrogens (tertiary/aromatic N) is 2. The molecule has 1 unspecified atom stereocenters. The number of phenols is 1. The minimum Gasteiger partial charge on any atom is -0.507 e. The molecule has 0 bridgehead atoms. The quantitative estimate of drug-likeness (QED) is 0.270. The van der Waals surface area contributed by atoms with Crippen LogP contribution in [0.25, 0.3) is 10.8 Å². The van der Waals surface area contributed by atoms with Crippen LogP contribution in [0.2, 0.25) is 0 Å². The van der Waals surface area contributed by atoms with Crippen LogP contribution in [-0.4, -0.2) is 49.4 Å². The number of thiocarbonyl (C=S) groups is 1. The minimum atomic E-state index is -0.309. The fraction of sp³-hybridized carbons (Fsp3) is 0.200. The molecule has 0 saturated carbocycles. The Labute approximate surface area is 232 Å². The summed E-state index contributed by atoms with van der Waals surface area (Å²) in [6, 6.07) is 22.4. The summed E-state index contributed by atoms with van der Waals surface area (Å²) in [6.07, 6.45) is 0.482. The summed E-state index contributed by atoms with van der Waals surface area (Å²) in [7, 11) is 6.42. The van der Waals surface area contributed by atoms with E-state index in [9.17, 15) is 5.11 Å². The largest absolute Gasteiger partial charge is 0.507 e. The van der Waals surface area contributed by atoms with Crippen molar-refractivity contribution in [3.05, 3.63) is 83.9 Å². The Morgan fingerprint density at radius 3 is 2.28 bits per heavy atom. The summed E-state index contributed by atoms with van der Waals surface area (Å²) in [5, 5.41) is 23.2. The maximum absolute atomic E-state index is 11.2. The predicted molar refractivity (Wildman–Crippen MR) is 157 cm³/mol. The number of rotatable bonds is 7. The summed E-state index contributed by atoms with van der Waals surface area (Å²) < 4.78 is 22.0. The third-order valence-corrected chi connectivity index (χ3v) is 7.07. The lowest BCUT2D eigenvalue weighted by molar-refractivity contribution is 0.346. The fourth-order valence-corrected chi connectivity index (χ4v) is 5.04. The van der Waals surface area contributed by atoms with Crippen LogP contribution in [0.15, 0.2) is 77.9 Å². The molecule has 0 fully saturated rings. The van der Waals surface area contributed by atoms with Crippen molar-refractivity contribution >= 4 is 39.5 Å². The van der Waals surface area contributed by atoms with Crippen molar-refractivity contribution < 1.29 is 24.1 Å². The molecule has 9 heteroatoms. The maximum Gasteiger partial charge on any atom is 0.194 e. The van der Waals surface area contributed by atoms with Crippen LogP contribution < -0.4 is 24.3 Å². The molecule has 0 amide bonds. The number of ether oxygens (including phenoxy) is 4. The van der Waals surface area contributed by atoms with Gasteiger partial charge < -0.3 is 29.4 Å². The number of nitrogens with one attached hydrogen (secondary N) is 1. The van der Waals surface area contributed by atoms with E-state index in [2.05, 4.69) is 5.32 Å². The Kier molecular flexibility index (Phi) is 7.42. The van der Waals surface area contributed by atoms with Crippen LogP contribution in [0.1, 0.15) is 23.6 Å². The molecule has 0 aromatic heterocycles. The molecule has 0 radical (unpaired) electrons. The smallest absolute Gasteiger partial charge is 0.194 e. The number of hydrogen-bond acceptors (Lipinski definition) is 7. The third kappa shape index (κ3) is 5.00. The molecule has 1 aliphatic heterocycles. The lowest BCUT2D eigenvalue weighted by atomic mass is 9.95. The highest BCUT2D eigenvalue weighted by molar-refractivity contribution is 7.80. The number of hydrazone groups is 1. The van der Waals surface area contributed by atoms with Crippen LogP contribution >= 0.6 is 12.2 Å². The van der Waals surface area contributed by atoms with Crippen LogP contribution in [0.5, 0.6) is 28.7 Å². The Morgan fingerprint density at radius 1 is 0.872 bits per heavy atom. The zero-order valence-corrected chi connectivity index (χ0v) is 22.9. The summed E-state index contributed by atoms with van der Waals surface area (Å²) in [5.74, 6) is 2.75. The van der Waals surface area contributed by atoms with Gasteiger partial charge in [-0.3, -0.25) is 0 Å². The van der Waals surface area contributed by atoms with Crippen LogP contribution in [0.3, 0.4) is 0 Å². The first-order valence-electron chi connectivity index (χ1n) is 12.3. The highest BCUT2D eigenvalue weighted by Crippen LogP contribution is 2.42. The van der Waals surface area contributed by atoms with Gasteiger partial charge in [0.15, 0.2) is 5.11 Å². The Balaban J connectivity index is 1.56. The van der Waals surface area contributed by atoms with Gasteiger partial charge in [0.1, 0.15) is 28.7 Å². The third-order valence-electron chi connectivity index (χ3n) is 6.78. The average Bonchev–Trinajstić information content (AvgIpc) is 3.42. The number of anilines is 1. The molecule has 5 rings (SSSR count). The zero-order valence-electron chi connectivity index (χ0n) is 22.1. The maximum atomic E-state index is 11.2. The minimum absolute atomic E-state index is 0.185. The van der Waals surface area contributed by atoms with E-state index < -0.39 is 0 Å². The molecule has 4 aromatic rings. The van der Waals surface area contributed by atoms with E-state index in [4.69, 9.17) is 36.3 Å². The Bertz CT molecular complexity index is 1570. The highest BCUT2D eigenvalue weighted by Gasteiger charge is 2.35. The van der Waals surface area contributed by atoms with Crippen molar-refractivity contribution in [3.63, 3.8) is 0 Å². The lowest BCUT2D eigenvalue weighted by Crippen LogP contribution is -2.31. The first-order chi connectivity index (χ1) is 19.0. The second kappa shape index (κ2) is 11.1. The predicted octanol–water partition coefficient (Wildman–Crippen LogP) is 6.13. The zero-order chi connectivity index (χ0) is 27.5. The fourth-order valence-electron chi connectivity index (χ4n) is 4.76. The monoisotopic (exact) mass is 543 g/mol. The van der Waals surface area contributed by atoms with Crippen molar-refractivity contribution in [1.82, 2.24) is 5.01 Å². The molecule has 0 aliphatic carbocycles. The van der Waals surface area contributed by atoms with E-state index in [-0.39, 0.29) is 11.8 Å². The van der Waals surface area contributed by atoms with E-state index >= 15 is 0 Å². The van der Waals surface area contributed by atoms with Gasteiger partial charge in [-0.05, 0) is 47.9 Å². The van der Waals surface area contributed by atoms with Crippen LogP contribution in [0, 0.1) is 0 Å². The normalized spacial score (nSPS) is 14.6. The van der Waals surface area contributed by atoms with Crippen molar-refractivity contribution in [2.45, 2.75) is 12.5 Å². The van der Waals surface area contributed by atoms with E-state index in [0.29, 0.717) is 51.5 Å². The van der Waals surface area contributed by atoms with E-state index in [1.807, 2.05) is 66.7 Å². The first kappa shape index (κ1) is 26.1. The molecule has 0 spiro atoms. The SMILES string of the molecule is COc1ccc(NC(=S)N2N=C(c3ccc4ccccc4c3O)CC2c2ccc(OC)cc2OC)c(OC)c1. The van der Waals surface area contributed by atoms with Gasteiger partial charge in [0.05, 0.1) is 45.9 Å². The van der Waals surface area contributed by atoms with Gasteiger partial charge in [0.2, 0.25) is 0 Å². The standard InChI is InChI=1S/C30H29N3O5S/c1-35-19-10-13-23(27(15-19)37-3)26-17-25(22-12-9-18-7-5-6-8-21(18)29(22)34)32-33(26)30(39)31-24-14-11-20(36-2)16-28(24)38-4/h5-16,26,34H,17H2,1-4H3,(H,31,39). The van der Waals surface area contributed by atoms with E-state index in [1.54, 1.807) is 39.5 Å². The van der Waals surface area contributed by atoms with Crippen molar-refractivity contribution in [3.8, 4) is 28.7 Å². The molecular formula is C30H29N3O5S. The molecule has 1 atom stereocenters. The summed E-state index contributed by atoms with van der Waals surface area (Å²) >= 11 is 5.88. The molecular weight excluding hydrogens is 514 g/mol. The number of methoxy groups -OCH3 is 4. The number of fused-ring (bicyclic) bond motifs is 1. The van der Waals surface area contributed by atoms with Gasteiger partial charge >= 0.3 is 0 Å². The van der Waals surface area contributed by atoms with Gasteiger partial charge in [0.25, 0.3) is 0 Å². The van der Waals surface area contributed by atoms with Crippen molar-refractivity contribution in [2.24, 2.45) is 5.10 Å². The van der Waals surface area contributed by atoms with E-state index in [1.165, 1.54) is 0 Å². The molecule has 0 saturated heterocycles. The molecule has 4 aromatic carbocycles. The highest BCUT2D eigenvalue weighted by atomic mass is 32.1. The molecule has 1 aliphatic rings. The van der Waals surface area contributed by atoms with Crippen molar-refractivity contribution in [2.75, 3.05) is 33.8 Å². The van der Waals surface area contributed by atoms with Gasteiger partial charge in [-0.15, -0.1) is 0 Å². The summed E-state index contributed by atoms with van der Waals surface area (Å²) in [5.41, 5.74) is 2.90. The van der Waals surface area contributed by atoms with Gasteiger partial charge in [-0.1, -0.05) is 30.3 Å². The molecule has 39 heavy (non-hydrogen) atoms. The van der Waals surface area contributed by atoms with Gasteiger partial charge in [-0.25, -0.2) is 5.01 Å². The number of phenolic OH excluding ortho intramolecular Hbond substituents is 1. The Morgan fingerprint density at radius 2 is 1.56 bits per heavy atom. The molecule has 2 N–H and O–H groups in total. The summed E-state index contributed by atoms with van der Waals surface area (Å²) in [6.45, 7) is 0. The van der Waals surface area contributed by atoms with Crippen molar-refractivity contribution in [1.29, 1.82) is 0 Å². The second-order valence-corrected chi connectivity index (χ2v) is 9.28. The van der Waals surface area contributed by atoms with Gasteiger partial charge in [0, 0.05) is 35.1 Å². The molecule has 1 heterocycles. The molecule has 200 valence electrons. The van der Waals surface area contributed by atoms with Crippen LogP contribution in [0.4, 0.5) is 5.69 Å². The number of aromatic hydroxyl groups is 1. The van der Waals surface area contributed by atoms with E-state index in [0.717, 1.165) is 16.3 Å². The topological polar surface area (TPSA) is 84.8 Å². The average molecular weight is 544 g/mol. The number of benzene rings is 4. The summed E-state index contributed by atoms with van der Waals surface area (Å²) in [4.78, 5) is 0. The second-order valence-electron chi connectivity index (χ2n) is 8.90.